The predicted octanol–water partition coefficient (Wildman–Crippen LogP) is 6.74. The SMILES string of the molecule is C/C(=C(\O/N=C/C1C=C/C=C(/F)C/C=C\1)C1CCCN(C(=O)OC(C)(C)C)CC1)c1nc(C)co1. The van der Waals surface area contributed by atoms with Crippen LogP contribution in [0, 0.1) is 18.8 Å². The number of carbonyl (C=O) groups excluding carboxylic acids is 1. The highest BCUT2D eigenvalue weighted by molar-refractivity contribution is 5.68. The lowest BCUT2D eigenvalue weighted by atomic mass is 9.95. The molecule has 0 aromatic carbocycles. The van der Waals surface area contributed by atoms with E-state index < -0.39 is 5.60 Å². The van der Waals surface area contributed by atoms with Crippen LogP contribution in [0.1, 0.15) is 65.0 Å². The van der Waals surface area contributed by atoms with Crippen LogP contribution in [-0.4, -0.2) is 40.9 Å². The second-order valence-corrected chi connectivity index (χ2v) is 9.93. The van der Waals surface area contributed by atoms with Gasteiger partial charge in [0, 0.05) is 31.3 Å². The van der Waals surface area contributed by atoms with Crippen molar-refractivity contribution in [1.82, 2.24) is 9.88 Å². The van der Waals surface area contributed by atoms with E-state index >= 15 is 0 Å². The third-order valence-corrected chi connectivity index (χ3v) is 5.73. The number of aryl methyl sites for hydroxylation is 1. The highest BCUT2D eigenvalue weighted by Crippen LogP contribution is 2.32. The van der Waals surface area contributed by atoms with Crippen molar-refractivity contribution in [2.45, 2.75) is 65.9 Å². The molecule has 35 heavy (non-hydrogen) atoms. The highest BCUT2D eigenvalue weighted by atomic mass is 19.1. The Morgan fingerprint density at radius 3 is 2.80 bits per heavy atom. The molecule has 0 bridgehead atoms. The van der Waals surface area contributed by atoms with Crippen molar-refractivity contribution in [2.24, 2.45) is 17.0 Å². The minimum atomic E-state index is -0.535. The van der Waals surface area contributed by atoms with Crippen molar-refractivity contribution >= 4 is 17.9 Å². The number of oxazole rings is 1. The van der Waals surface area contributed by atoms with Crippen molar-refractivity contribution in [1.29, 1.82) is 0 Å². The molecule has 1 aromatic heterocycles. The maximum atomic E-state index is 13.4. The fourth-order valence-electron chi connectivity index (χ4n) is 3.96. The second kappa shape index (κ2) is 12.0. The first-order chi connectivity index (χ1) is 16.6. The standard InChI is InChI=1S/C27H36FN3O4/c1-19-18-33-25(30-19)20(2)24(35-29-17-21-9-6-12-23(28)13-7-10-21)22-11-8-15-31(16-14-22)26(32)34-27(3,4)5/h6-7,9-10,12,17-18,21-22H,8,11,13-16H2,1-5H3/b9-6?,10-7-,23-12+,24-20+,29-17+. The second-order valence-electron chi connectivity index (χ2n) is 9.93. The van der Waals surface area contributed by atoms with E-state index in [1.807, 2.05) is 46.8 Å². The fourth-order valence-corrected chi connectivity index (χ4v) is 3.96. The molecule has 2 unspecified atom stereocenters. The molecule has 1 saturated heterocycles. The first-order valence-corrected chi connectivity index (χ1v) is 12.1. The van der Waals surface area contributed by atoms with Gasteiger partial charge in [0.25, 0.3) is 0 Å². The van der Waals surface area contributed by atoms with Gasteiger partial charge >= 0.3 is 6.09 Å². The third-order valence-electron chi connectivity index (χ3n) is 5.73. The number of likely N-dealkylation sites (tertiary alicyclic amines) is 1. The smallest absolute Gasteiger partial charge is 0.410 e. The van der Waals surface area contributed by atoms with E-state index in [4.69, 9.17) is 14.0 Å². The van der Waals surface area contributed by atoms with E-state index in [2.05, 4.69) is 10.1 Å². The van der Waals surface area contributed by atoms with Gasteiger partial charge in [0.15, 0.2) is 0 Å². The van der Waals surface area contributed by atoms with Crippen LogP contribution in [-0.2, 0) is 9.57 Å². The molecular formula is C27H36FN3O4. The molecule has 0 N–H and O–H groups in total. The van der Waals surface area contributed by atoms with Crippen LogP contribution >= 0.6 is 0 Å². The predicted molar refractivity (Wildman–Crippen MR) is 134 cm³/mol. The minimum Gasteiger partial charge on any atom is -0.444 e. The number of rotatable bonds is 5. The number of allylic oxidation sites excluding steroid dienone is 8. The molecule has 2 heterocycles. The first-order valence-electron chi connectivity index (χ1n) is 12.1. The number of amides is 1. The van der Waals surface area contributed by atoms with Gasteiger partial charge in [-0.25, -0.2) is 14.2 Å². The molecule has 0 spiro atoms. The number of hydrogen-bond donors (Lipinski definition) is 0. The summed E-state index contributed by atoms with van der Waals surface area (Å²) in [7, 11) is 0. The number of halogens is 1. The molecule has 190 valence electrons. The Morgan fingerprint density at radius 2 is 2.09 bits per heavy atom. The Bertz CT molecular complexity index is 1030. The fraction of sp³-hybridized carbons (Fsp3) is 0.519. The Labute approximate surface area is 207 Å². The van der Waals surface area contributed by atoms with Crippen LogP contribution in [0.4, 0.5) is 9.18 Å². The molecule has 1 fully saturated rings. The summed E-state index contributed by atoms with van der Waals surface area (Å²) in [5, 5.41) is 4.27. The number of ether oxygens (including phenoxy) is 1. The number of nitrogens with zero attached hydrogens (tertiary/aromatic N) is 3. The molecule has 1 amide bonds. The molecular weight excluding hydrogens is 449 g/mol. The zero-order valence-electron chi connectivity index (χ0n) is 21.3. The number of oxime groups is 1. The van der Waals surface area contributed by atoms with Gasteiger partial charge in [0.05, 0.1) is 17.5 Å². The summed E-state index contributed by atoms with van der Waals surface area (Å²) in [5.41, 5.74) is 1.02. The van der Waals surface area contributed by atoms with Gasteiger partial charge in [-0.2, -0.15) is 0 Å². The Morgan fingerprint density at radius 1 is 1.29 bits per heavy atom. The van der Waals surface area contributed by atoms with Gasteiger partial charge in [0.1, 0.15) is 23.5 Å². The van der Waals surface area contributed by atoms with Gasteiger partial charge in [-0.15, -0.1) is 0 Å². The normalized spacial score (nSPS) is 24.6. The molecule has 2 aliphatic rings. The average Bonchev–Trinajstić information content (AvgIpc) is 3.05. The maximum Gasteiger partial charge on any atom is 0.410 e. The van der Waals surface area contributed by atoms with Gasteiger partial charge in [-0.3, -0.25) is 0 Å². The molecule has 0 saturated carbocycles. The number of aromatic nitrogens is 1. The minimum absolute atomic E-state index is 0.0345. The molecule has 1 aromatic rings. The summed E-state index contributed by atoms with van der Waals surface area (Å²) in [6, 6.07) is 0. The highest BCUT2D eigenvalue weighted by Gasteiger charge is 2.29. The van der Waals surface area contributed by atoms with Crippen LogP contribution < -0.4 is 0 Å². The van der Waals surface area contributed by atoms with Crippen molar-refractivity contribution in [3.63, 3.8) is 0 Å². The van der Waals surface area contributed by atoms with Crippen LogP contribution in [0.2, 0.25) is 0 Å². The van der Waals surface area contributed by atoms with Crippen molar-refractivity contribution in [3.05, 3.63) is 59.8 Å². The van der Waals surface area contributed by atoms with Gasteiger partial charge in [0.2, 0.25) is 5.89 Å². The van der Waals surface area contributed by atoms with Gasteiger partial charge < -0.3 is 18.9 Å². The van der Waals surface area contributed by atoms with Crippen LogP contribution in [0.5, 0.6) is 0 Å². The quantitative estimate of drug-likeness (QED) is 0.200. The van der Waals surface area contributed by atoms with E-state index in [0.717, 1.165) is 24.1 Å². The largest absolute Gasteiger partial charge is 0.444 e. The van der Waals surface area contributed by atoms with E-state index in [9.17, 15) is 9.18 Å². The zero-order valence-corrected chi connectivity index (χ0v) is 21.3. The van der Waals surface area contributed by atoms with Crippen LogP contribution in [0.3, 0.4) is 0 Å². The first kappa shape index (κ1) is 26.4. The summed E-state index contributed by atoms with van der Waals surface area (Å²) < 4.78 is 24.6. The molecule has 2 atom stereocenters. The van der Waals surface area contributed by atoms with Crippen LogP contribution in [0.15, 0.2) is 57.8 Å². The number of carbonyl (C=O) groups is 1. The topological polar surface area (TPSA) is 77.2 Å². The van der Waals surface area contributed by atoms with Crippen molar-refractivity contribution in [2.75, 3.05) is 13.1 Å². The summed E-state index contributed by atoms with van der Waals surface area (Å²) in [5.74, 6) is 0.917. The molecule has 3 rings (SSSR count). The third kappa shape index (κ3) is 8.23. The summed E-state index contributed by atoms with van der Waals surface area (Å²) in [6.45, 7) is 10.6. The maximum absolute atomic E-state index is 13.4. The Kier molecular flexibility index (Phi) is 9.07. The molecule has 1 aliphatic carbocycles. The Balaban J connectivity index is 1.77. The van der Waals surface area contributed by atoms with Crippen molar-refractivity contribution in [3.8, 4) is 0 Å². The molecule has 8 heteroatoms. The average molecular weight is 486 g/mol. The lowest BCUT2D eigenvalue weighted by Gasteiger charge is -2.26. The van der Waals surface area contributed by atoms with Gasteiger partial charge in [-0.1, -0.05) is 29.5 Å². The molecule has 1 aliphatic heterocycles. The summed E-state index contributed by atoms with van der Waals surface area (Å²) in [6.07, 6.45) is 14.2. The molecule has 0 radical (unpaired) electrons. The van der Waals surface area contributed by atoms with E-state index in [0.29, 0.717) is 31.2 Å². The molecule has 7 nitrogen and oxygen atoms in total. The van der Waals surface area contributed by atoms with Crippen LogP contribution in [0.25, 0.3) is 5.57 Å². The summed E-state index contributed by atoms with van der Waals surface area (Å²) >= 11 is 0. The zero-order chi connectivity index (χ0) is 25.4. The lowest BCUT2D eigenvalue weighted by Crippen LogP contribution is -2.37. The monoisotopic (exact) mass is 485 g/mol. The van der Waals surface area contributed by atoms with Gasteiger partial charge in [-0.05, 0) is 60.0 Å². The Hall–Kier alpha value is -3.16. The summed E-state index contributed by atoms with van der Waals surface area (Å²) in [4.78, 5) is 24.8. The number of hydrogen-bond acceptors (Lipinski definition) is 6. The van der Waals surface area contributed by atoms with E-state index in [1.54, 1.807) is 29.5 Å². The van der Waals surface area contributed by atoms with E-state index in [1.165, 1.54) is 6.08 Å². The van der Waals surface area contributed by atoms with E-state index in [-0.39, 0.29) is 30.2 Å². The van der Waals surface area contributed by atoms with Crippen molar-refractivity contribution < 1.29 is 23.2 Å². The lowest BCUT2D eigenvalue weighted by molar-refractivity contribution is 0.0254.